The number of hydrogen-bond donors (Lipinski definition) is 1. The summed E-state index contributed by atoms with van der Waals surface area (Å²) in [5, 5.41) is 2.74. The van der Waals surface area contributed by atoms with Crippen LogP contribution in [-0.2, 0) is 4.79 Å². The highest BCUT2D eigenvalue weighted by molar-refractivity contribution is 8.00. The maximum absolute atomic E-state index is 12.9. The molecule has 0 heterocycles. The van der Waals surface area contributed by atoms with Gasteiger partial charge in [0.2, 0.25) is 5.91 Å². The lowest BCUT2D eigenvalue weighted by Crippen LogP contribution is -2.24. The lowest BCUT2D eigenvalue weighted by Gasteiger charge is -2.18. The van der Waals surface area contributed by atoms with E-state index in [1.165, 1.54) is 49.1 Å². The van der Waals surface area contributed by atoms with Gasteiger partial charge in [-0.3, -0.25) is 9.59 Å². The fourth-order valence-corrected chi connectivity index (χ4v) is 2.96. The average molecular weight is 392 g/mol. The molecule has 0 aliphatic heterocycles. The number of carbonyl (C=O) groups is 2. The monoisotopic (exact) mass is 392 g/mol. The van der Waals surface area contributed by atoms with E-state index in [1.54, 1.807) is 32.3 Å². The zero-order valence-corrected chi connectivity index (χ0v) is 16.4. The highest BCUT2D eigenvalue weighted by atomic mass is 32.2. The normalized spacial score (nSPS) is 10.3. The highest BCUT2D eigenvalue weighted by Crippen LogP contribution is 2.34. The van der Waals surface area contributed by atoms with Crippen LogP contribution in [0.4, 0.5) is 10.1 Å². The molecule has 0 radical (unpaired) electrons. The van der Waals surface area contributed by atoms with Gasteiger partial charge in [0.15, 0.2) is 11.5 Å². The largest absolute Gasteiger partial charge is 0.493 e. The smallest absolute Gasteiger partial charge is 0.255 e. The van der Waals surface area contributed by atoms with Gasteiger partial charge in [0, 0.05) is 25.1 Å². The first-order chi connectivity index (χ1) is 12.8. The molecule has 0 spiro atoms. The predicted molar refractivity (Wildman–Crippen MR) is 103 cm³/mol. The van der Waals surface area contributed by atoms with E-state index in [0.717, 1.165) is 4.90 Å². The van der Waals surface area contributed by atoms with E-state index in [2.05, 4.69) is 5.32 Å². The Hall–Kier alpha value is -2.74. The minimum atomic E-state index is -0.332. The van der Waals surface area contributed by atoms with Crippen LogP contribution >= 0.6 is 11.8 Å². The van der Waals surface area contributed by atoms with E-state index < -0.39 is 0 Å². The third kappa shape index (κ3) is 5.37. The molecule has 0 fully saturated rings. The number of rotatable bonds is 7. The molecule has 2 rings (SSSR count). The lowest BCUT2D eigenvalue weighted by atomic mass is 10.1. The van der Waals surface area contributed by atoms with E-state index in [1.807, 2.05) is 0 Å². The Morgan fingerprint density at radius 2 is 1.67 bits per heavy atom. The van der Waals surface area contributed by atoms with Crippen molar-refractivity contribution in [3.8, 4) is 11.5 Å². The van der Waals surface area contributed by atoms with Crippen molar-refractivity contribution in [2.45, 2.75) is 4.90 Å². The van der Waals surface area contributed by atoms with Crippen LogP contribution in [0, 0.1) is 5.82 Å². The molecule has 27 heavy (non-hydrogen) atoms. The number of hydrogen-bond acceptors (Lipinski definition) is 5. The van der Waals surface area contributed by atoms with E-state index in [0.29, 0.717) is 17.2 Å². The van der Waals surface area contributed by atoms with Crippen LogP contribution in [0.2, 0.25) is 0 Å². The molecule has 0 aliphatic carbocycles. The number of anilines is 1. The molecule has 0 aliphatic rings. The second-order valence-electron chi connectivity index (χ2n) is 5.74. The van der Waals surface area contributed by atoms with Crippen molar-refractivity contribution in [1.29, 1.82) is 0 Å². The number of ether oxygens (including phenoxy) is 2. The van der Waals surface area contributed by atoms with Gasteiger partial charge < -0.3 is 19.7 Å². The topological polar surface area (TPSA) is 67.9 Å². The van der Waals surface area contributed by atoms with Gasteiger partial charge in [-0.2, -0.15) is 0 Å². The molecule has 0 unspecified atom stereocenters. The summed E-state index contributed by atoms with van der Waals surface area (Å²) >= 11 is 1.26. The Labute approximate surface area is 161 Å². The molecule has 2 amide bonds. The maximum Gasteiger partial charge on any atom is 0.255 e. The molecule has 144 valence electrons. The molecule has 0 atom stereocenters. The first-order valence-corrected chi connectivity index (χ1v) is 9.00. The standard InChI is InChI=1S/C19H21FN2O4S/c1-22(2)19(24)14-9-16(25-3)17(26-4)10-15(14)21-18(23)11-27-13-7-5-12(20)6-8-13/h5-10H,11H2,1-4H3,(H,21,23). The van der Waals surface area contributed by atoms with Crippen molar-refractivity contribution in [2.24, 2.45) is 0 Å². The zero-order chi connectivity index (χ0) is 20.0. The first kappa shape index (κ1) is 20.6. The van der Waals surface area contributed by atoms with Crippen molar-refractivity contribution >= 4 is 29.3 Å². The summed E-state index contributed by atoms with van der Waals surface area (Å²) in [6.45, 7) is 0. The SMILES string of the molecule is COc1cc(NC(=O)CSc2ccc(F)cc2)c(C(=O)N(C)C)cc1OC. The molecule has 2 aromatic carbocycles. The van der Waals surface area contributed by atoms with Crippen LogP contribution in [0.5, 0.6) is 11.5 Å². The van der Waals surface area contributed by atoms with Crippen molar-refractivity contribution < 1.29 is 23.5 Å². The third-order valence-electron chi connectivity index (χ3n) is 3.62. The molecule has 0 saturated heterocycles. The van der Waals surface area contributed by atoms with Gasteiger partial charge in [-0.1, -0.05) is 0 Å². The number of halogens is 1. The Kier molecular flexibility index (Phi) is 7.06. The number of nitrogens with one attached hydrogen (secondary N) is 1. The van der Waals surface area contributed by atoms with E-state index in [9.17, 15) is 14.0 Å². The van der Waals surface area contributed by atoms with Gasteiger partial charge in [0.1, 0.15) is 5.82 Å². The highest BCUT2D eigenvalue weighted by Gasteiger charge is 2.20. The summed E-state index contributed by atoms with van der Waals surface area (Å²) in [4.78, 5) is 27.0. The summed E-state index contributed by atoms with van der Waals surface area (Å²) in [5.74, 6) is -0.0197. The molecule has 2 aromatic rings. The van der Waals surface area contributed by atoms with Crippen LogP contribution in [0.3, 0.4) is 0 Å². The van der Waals surface area contributed by atoms with Crippen molar-refractivity contribution in [2.75, 3.05) is 39.4 Å². The summed E-state index contributed by atoms with van der Waals surface area (Å²) in [7, 11) is 6.19. The number of nitrogens with zero attached hydrogens (tertiary/aromatic N) is 1. The predicted octanol–water partition coefficient (Wildman–Crippen LogP) is 3.28. The average Bonchev–Trinajstić information content (AvgIpc) is 2.66. The van der Waals surface area contributed by atoms with Crippen LogP contribution in [0.1, 0.15) is 10.4 Å². The number of thioether (sulfide) groups is 1. The van der Waals surface area contributed by atoms with E-state index in [-0.39, 0.29) is 28.9 Å². The minimum absolute atomic E-state index is 0.107. The van der Waals surface area contributed by atoms with Crippen LogP contribution in [-0.4, -0.2) is 50.8 Å². The summed E-state index contributed by atoms with van der Waals surface area (Å²) in [5.41, 5.74) is 0.619. The number of benzene rings is 2. The van der Waals surface area contributed by atoms with Crippen LogP contribution < -0.4 is 14.8 Å². The molecular weight excluding hydrogens is 371 g/mol. The molecule has 0 saturated carbocycles. The van der Waals surface area contributed by atoms with E-state index >= 15 is 0 Å². The summed E-state index contributed by atoms with van der Waals surface area (Å²) < 4.78 is 23.4. The number of methoxy groups -OCH3 is 2. The zero-order valence-electron chi connectivity index (χ0n) is 15.5. The second kappa shape index (κ2) is 9.27. The van der Waals surface area contributed by atoms with Gasteiger partial charge in [0.05, 0.1) is 31.2 Å². The van der Waals surface area contributed by atoms with Gasteiger partial charge in [-0.05, 0) is 30.3 Å². The number of amides is 2. The lowest BCUT2D eigenvalue weighted by molar-refractivity contribution is -0.113. The summed E-state index contributed by atoms with van der Waals surface area (Å²) in [6.07, 6.45) is 0. The third-order valence-corrected chi connectivity index (χ3v) is 4.63. The fraction of sp³-hybridized carbons (Fsp3) is 0.263. The molecule has 6 nitrogen and oxygen atoms in total. The summed E-state index contributed by atoms with van der Waals surface area (Å²) in [6, 6.07) is 8.96. The van der Waals surface area contributed by atoms with Crippen molar-refractivity contribution in [3.05, 3.63) is 47.8 Å². The van der Waals surface area contributed by atoms with Crippen LogP contribution in [0.25, 0.3) is 0 Å². The van der Waals surface area contributed by atoms with Crippen molar-refractivity contribution in [3.63, 3.8) is 0 Å². The van der Waals surface area contributed by atoms with Gasteiger partial charge in [-0.15, -0.1) is 11.8 Å². The molecule has 0 bridgehead atoms. The van der Waals surface area contributed by atoms with E-state index in [4.69, 9.17) is 9.47 Å². The first-order valence-electron chi connectivity index (χ1n) is 8.01. The fourth-order valence-electron chi connectivity index (χ4n) is 2.27. The number of carbonyl (C=O) groups excluding carboxylic acids is 2. The van der Waals surface area contributed by atoms with Gasteiger partial charge in [-0.25, -0.2) is 4.39 Å². The Balaban J connectivity index is 2.20. The Bertz CT molecular complexity index is 825. The molecular formula is C19H21FN2O4S. The quantitative estimate of drug-likeness (QED) is 0.733. The maximum atomic E-state index is 12.9. The second-order valence-corrected chi connectivity index (χ2v) is 6.79. The molecule has 0 aromatic heterocycles. The molecule has 8 heteroatoms. The van der Waals surface area contributed by atoms with Gasteiger partial charge in [0.25, 0.3) is 5.91 Å². The van der Waals surface area contributed by atoms with Gasteiger partial charge >= 0.3 is 0 Å². The minimum Gasteiger partial charge on any atom is -0.493 e. The van der Waals surface area contributed by atoms with Crippen LogP contribution in [0.15, 0.2) is 41.3 Å². The molecule has 1 N–H and O–H groups in total. The Morgan fingerprint density at radius 1 is 1.07 bits per heavy atom. The van der Waals surface area contributed by atoms with Crippen molar-refractivity contribution in [1.82, 2.24) is 4.90 Å². The Morgan fingerprint density at radius 3 is 2.22 bits per heavy atom.